The molecule has 2 heteroatoms. The maximum Gasteiger partial charge on any atom is 0.0949 e. The van der Waals surface area contributed by atoms with Crippen molar-refractivity contribution in [3.63, 3.8) is 0 Å². The molecule has 1 rings (SSSR count). The van der Waals surface area contributed by atoms with Crippen molar-refractivity contribution in [2.24, 2.45) is 5.73 Å². The molecule has 0 radical (unpaired) electrons. The summed E-state index contributed by atoms with van der Waals surface area (Å²) in [5.74, 6) is 0. The molecule has 0 aliphatic carbocycles. The van der Waals surface area contributed by atoms with Crippen LogP contribution in [0.3, 0.4) is 0 Å². The predicted molar refractivity (Wildman–Crippen MR) is 74.0 cm³/mol. The second-order valence-electron chi connectivity index (χ2n) is 5.12. The molecule has 1 heterocycles. The molecule has 17 heavy (non-hydrogen) atoms. The van der Waals surface area contributed by atoms with Crippen LogP contribution in [0.25, 0.3) is 0 Å². The Bertz CT molecular complexity index is 311. The molecule has 1 aliphatic rings. The Balaban J connectivity index is 2.99. The van der Waals surface area contributed by atoms with E-state index < -0.39 is 0 Å². The zero-order chi connectivity index (χ0) is 12.8. The first-order valence-corrected chi connectivity index (χ1v) is 6.79. The van der Waals surface area contributed by atoms with E-state index in [9.17, 15) is 0 Å². The lowest BCUT2D eigenvalue weighted by molar-refractivity contribution is 0.0714. The summed E-state index contributed by atoms with van der Waals surface area (Å²) in [7, 11) is 0. The summed E-state index contributed by atoms with van der Waals surface area (Å²) in [6.07, 6.45) is 4.90. The molecule has 2 nitrogen and oxygen atoms in total. The van der Waals surface area contributed by atoms with Gasteiger partial charge >= 0.3 is 0 Å². The highest BCUT2D eigenvalue weighted by atomic mass is 16.5. The highest BCUT2D eigenvalue weighted by molar-refractivity contribution is 5.42. The van der Waals surface area contributed by atoms with Crippen molar-refractivity contribution in [1.82, 2.24) is 0 Å². The smallest absolute Gasteiger partial charge is 0.0949 e. The molecule has 0 bridgehead atoms. The Morgan fingerprint density at radius 1 is 1.35 bits per heavy atom. The number of rotatable bonds is 4. The van der Waals surface area contributed by atoms with Crippen molar-refractivity contribution in [2.45, 2.75) is 59.5 Å². The first-order chi connectivity index (χ1) is 8.11. The molecule has 0 spiro atoms. The molecule has 1 aliphatic heterocycles. The van der Waals surface area contributed by atoms with Crippen LogP contribution in [0, 0.1) is 0 Å². The molecule has 0 aromatic rings. The first kappa shape index (κ1) is 14.5. The van der Waals surface area contributed by atoms with Crippen LogP contribution in [0.2, 0.25) is 0 Å². The minimum absolute atomic E-state index is 0.111. The van der Waals surface area contributed by atoms with Crippen molar-refractivity contribution in [3.05, 3.63) is 22.3 Å². The summed E-state index contributed by atoms with van der Waals surface area (Å²) < 4.78 is 5.77. The predicted octanol–water partition coefficient (Wildman–Crippen LogP) is 3.58. The number of hydrogen-bond acceptors (Lipinski definition) is 2. The third-order valence-electron chi connectivity index (χ3n) is 3.49. The summed E-state index contributed by atoms with van der Waals surface area (Å²) in [5.41, 5.74) is 11.6. The van der Waals surface area contributed by atoms with Crippen LogP contribution in [0.1, 0.15) is 53.4 Å². The van der Waals surface area contributed by atoms with Crippen molar-refractivity contribution >= 4 is 0 Å². The number of allylic oxidation sites excluding steroid dienone is 2. The second kappa shape index (κ2) is 6.97. The summed E-state index contributed by atoms with van der Waals surface area (Å²) in [4.78, 5) is 0. The van der Waals surface area contributed by atoms with Gasteiger partial charge < -0.3 is 10.5 Å². The van der Waals surface area contributed by atoms with Crippen LogP contribution in [0.4, 0.5) is 0 Å². The minimum atomic E-state index is 0.111. The van der Waals surface area contributed by atoms with E-state index in [0.29, 0.717) is 6.54 Å². The van der Waals surface area contributed by atoms with Gasteiger partial charge in [-0.2, -0.15) is 0 Å². The third kappa shape index (κ3) is 3.68. The second-order valence-corrected chi connectivity index (χ2v) is 5.12. The standard InChI is InChI=1S/C15H27NO/c1-5-6-7-12(4)13-8-9-17-14(10-16)15(13)11(2)3/h14H,5-10,16H2,1-4H3/b13-12-. The van der Waals surface area contributed by atoms with Gasteiger partial charge in [0.25, 0.3) is 0 Å². The molecule has 0 amide bonds. The fourth-order valence-electron chi connectivity index (χ4n) is 2.56. The quantitative estimate of drug-likeness (QED) is 0.811. The van der Waals surface area contributed by atoms with Gasteiger partial charge in [-0.3, -0.25) is 0 Å². The summed E-state index contributed by atoms with van der Waals surface area (Å²) in [5, 5.41) is 0. The van der Waals surface area contributed by atoms with Crippen LogP contribution in [0.5, 0.6) is 0 Å². The molecule has 1 atom stereocenters. The largest absolute Gasteiger partial charge is 0.372 e. The zero-order valence-corrected chi connectivity index (χ0v) is 11.8. The van der Waals surface area contributed by atoms with Gasteiger partial charge in [-0.25, -0.2) is 0 Å². The zero-order valence-electron chi connectivity index (χ0n) is 11.8. The lowest BCUT2D eigenvalue weighted by atomic mass is 9.87. The molecule has 0 aromatic carbocycles. The van der Waals surface area contributed by atoms with Gasteiger partial charge in [0.2, 0.25) is 0 Å². The SMILES string of the molecule is CCCC/C(C)=C1/CCOC(CN)C1=C(C)C. The van der Waals surface area contributed by atoms with E-state index in [1.807, 2.05) is 0 Å². The van der Waals surface area contributed by atoms with E-state index in [-0.39, 0.29) is 6.10 Å². The molecule has 1 unspecified atom stereocenters. The van der Waals surface area contributed by atoms with E-state index in [4.69, 9.17) is 10.5 Å². The monoisotopic (exact) mass is 237 g/mol. The maximum absolute atomic E-state index is 5.81. The Morgan fingerprint density at radius 2 is 2.06 bits per heavy atom. The number of unbranched alkanes of at least 4 members (excludes halogenated alkanes) is 1. The van der Waals surface area contributed by atoms with Gasteiger partial charge in [0.1, 0.15) is 0 Å². The molecule has 1 fully saturated rings. The van der Waals surface area contributed by atoms with Crippen LogP contribution in [-0.2, 0) is 4.74 Å². The summed E-state index contributed by atoms with van der Waals surface area (Å²) in [6.45, 7) is 10.3. The Morgan fingerprint density at radius 3 is 2.59 bits per heavy atom. The molecule has 0 aromatic heterocycles. The molecular weight excluding hydrogens is 210 g/mol. The normalized spacial score (nSPS) is 23.8. The highest BCUT2D eigenvalue weighted by Gasteiger charge is 2.24. The van der Waals surface area contributed by atoms with Gasteiger partial charge in [-0.1, -0.05) is 24.5 Å². The number of hydrogen-bond donors (Lipinski definition) is 1. The van der Waals surface area contributed by atoms with Gasteiger partial charge in [0, 0.05) is 6.54 Å². The number of nitrogens with two attached hydrogens (primary N) is 1. The van der Waals surface area contributed by atoms with Gasteiger partial charge in [0.05, 0.1) is 12.7 Å². The summed E-state index contributed by atoms with van der Waals surface area (Å²) in [6, 6.07) is 0. The van der Waals surface area contributed by atoms with Crippen molar-refractivity contribution < 1.29 is 4.74 Å². The molecule has 0 saturated carbocycles. The van der Waals surface area contributed by atoms with Crippen molar-refractivity contribution in [1.29, 1.82) is 0 Å². The van der Waals surface area contributed by atoms with E-state index in [0.717, 1.165) is 13.0 Å². The van der Waals surface area contributed by atoms with E-state index in [2.05, 4.69) is 27.7 Å². The Kier molecular flexibility index (Phi) is 5.93. The minimum Gasteiger partial charge on any atom is -0.372 e. The topological polar surface area (TPSA) is 35.2 Å². The number of ether oxygens (including phenoxy) is 1. The molecule has 98 valence electrons. The van der Waals surface area contributed by atoms with Crippen LogP contribution in [-0.4, -0.2) is 19.3 Å². The van der Waals surface area contributed by atoms with Gasteiger partial charge in [-0.05, 0) is 51.2 Å². The van der Waals surface area contributed by atoms with E-state index in [1.54, 1.807) is 0 Å². The van der Waals surface area contributed by atoms with Crippen LogP contribution < -0.4 is 5.73 Å². The van der Waals surface area contributed by atoms with Crippen molar-refractivity contribution in [3.8, 4) is 0 Å². The average molecular weight is 237 g/mol. The first-order valence-electron chi connectivity index (χ1n) is 6.79. The Labute approximate surface area is 106 Å². The molecule has 2 N–H and O–H groups in total. The van der Waals surface area contributed by atoms with E-state index in [1.165, 1.54) is 41.6 Å². The van der Waals surface area contributed by atoms with E-state index >= 15 is 0 Å². The molecular formula is C15H27NO. The third-order valence-corrected chi connectivity index (χ3v) is 3.49. The Hall–Kier alpha value is -0.600. The maximum atomic E-state index is 5.81. The fraction of sp³-hybridized carbons (Fsp3) is 0.733. The average Bonchev–Trinajstić information content (AvgIpc) is 2.34. The lowest BCUT2D eigenvalue weighted by Gasteiger charge is -2.30. The van der Waals surface area contributed by atoms with Crippen molar-refractivity contribution in [2.75, 3.05) is 13.2 Å². The van der Waals surface area contributed by atoms with Gasteiger partial charge in [0.15, 0.2) is 0 Å². The van der Waals surface area contributed by atoms with Crippen LogP contribution in [0.15, 0.2) is 22.3 Å². The lowest BCUT2D eigenvalue weighted by Crippen LogP contribution is -2.32. The summed E-state index contributed by atoms with van der Waals surface area (Å²) >= 11 is 0. The highest BCUT2D eigenvalue weighted by Crippen LogP contribution is 2.32. The van der Waals surface area contributed by atoms with Gasteiger partial charge in [-0.15, -0.1) is 0 Å². The molecule has 1 saturated heterocycles. The fourth-order valence-corrected chi connectivity index (χ4v) is 2.56. The van der Waals surface area contributed by atoms with Crippen LogP contribution >= 0.6 is 0 Å².